The number of thiazole rings is 1. The molecule has 0 saturated carbocycles. The number of hydrogen-bond donors (Lipinski definition) is 1. The number of benzene rings is 2. The van der Waals surface area contributed by atoms with Crippen molar-refractivity contribution in [1.82, 2.24) is 4.98 Å². The zero-order valence-corrected chi connectivity index (χ0v) is 14.0. The molecule has 124 valence electrons. The minimum Gasteiger partial charge on any atom is -0.494 e. The van der Waals surface area contributed by atoms with Gasteiger partial charge in [0, 0.05) is 5.56 Å². The molecule has 0 bridgehead atoms. The fraction of sp³-hybridized carbons (Fsp3) is 0.222. The quantitative estimate of drug-likeness (QED) is 0.649. The Labute approximate surface area is 143 Å². The van der Waals surface area contributed by atoms with Crippen LogP contribution in [-0.4, -0.2) is 17.5 Å². The molecule has 0 aliphatic rings. The highest BCUT2D eigenvalue weighted by molar-refractivity contribution is 7.22. The van der Waals surface area contributed by atoms with Crippen molar-refractivity contribution >= 4 is 32.6 Å². The maximum atomic E-state index is 13.7. The van der Waals surface area contributed by atoms with Gasteiger partial charge >= 0.3 is 0 Å². The molecule has 0 unspecified atom stereocenters. The Hall–Kier alpha value is -2.47. The van der Waals surface area contributed by atoms with Gasteiger partial charge < -0.3 is 4.74 Å². The predicted molar refractivity (Wildman–Crippen MR) is 94.4 cm³/mol. The molecule has 24 heavy (non-hydrogen) atoms. The Morgan fingerprint density at radius 1 is 1.29 bits per heavy atom. The van der Waals surface area contributed by atoms with E-state index in [9.17, 15) is 9.18 Å². The minimum absolute atomic E-state index is 0.273. The molecule has 0 aliphatic heterocycles. The third kappa shape index (κ3) is 3.71. The second kappa shape index (κ2) is 7.40. The Bertz CT molecular complexity index is 863. The van der Waals surface area contributed by atoms with Gasteiger partial charge in [-0.25, -0.2) is 9.37 Å². The Morgan fingerprint density at radius 2 is 2.12 bits per heavy atom. The molecule has 1 heterocycles. The lowest BCUT2D eigenvalue weighted by Crippen LogP contribution is -2.11. The fourth-order valence-electron chi connectivity index (χ4n) is 2.20. The number of carbonyl (C=O) groups is 1. The van der Waals surface area contributed by atoms with E-state index in [-0.39, 0.29) is 11.4 Å². The number of para-hydroxylation sites is 1. The summed E-state index contributed by atoms with van der Waals surface area (Å²) in [5.41, 5.74) is 0.748. The summed E-state index contributed by atoms with van der Waals surface area (Å²) in [5.74, 6) is -0.0302. The number of aromatic nitrogens is 1. The van der Waals surface area contributed by atoms with Crippen LogP contribution < -0.4 is 10.1 Å². The Balaban J connectivity index is 1.74. The largest absolute Gasteiger partial charge is 0.494 e. The number of carbonyl (C=O) groups excluding carboxylic acids is 1. The first-order valence-corrected chi connectivity index (χ1v) is 8.58. The van der Waals surface area contributed by atoms with Crippen LogP contribution in [0.5, 0.6) is 5.75 Å². The van der Waals surface area contributed by atoms with Gasteiger partial charge in [-0.2, -0.15) is 0 Å². The molecule has 0 aliphatic carbocycles. The number of anilines is 1. The lowest BCUT2D eigenvalue weighted by Gasteiger charge is -2.07. The van der Waals surface area contributed by atoms with Crippen LogP contribution >= 0.6 is 11.3 Å². The van der Waals surface area contributed by atoms with Crippen molar-refractivity contribution in [2.75, 3.05) is 11.9 Å². The van der Waals surface area contributed by atoms with Gasteiger partial charge in [0.1, 0.15) is 17.1 Å². The summed E-state index contributed by atoms with van der Waals surface area (Å²) in [4.78, 5) is 16.5. The van der Waals surface area contributed by atoms with Crippen LogP contribution in [0.4, 0.5) is 9.52 Å². The molecule has 2 aromatic carbocycles. The second-order valence-electron chi connectivity index (χ2n) is 5.29. The van der Waals surface area contributed by atoms with Crippen molar-refractivity contribution in [2.24, 2.45) is 0 Å². The molecule has 4 nitrogen and oxygen atoms in total. The van der Waals surface area contributed by atoms with Crippen molar-refractivity contribution < 1.29 is 13.9 Å². The highest BCUT2D eigenvalue weighted by atomic mass is 32.1. The van der Waals surface area contributed by atoms with E-state index in [0.717, 1.165) is 12.8 Å². The zero-order valence-electron chi connectivity index (χ0n) is 13.2. The molecule has 1 aromatic heterocycles. The summed E-state index contributed by atoms with van der Waals surface area (Å²) in [7, 11) is 0. The summed E-state index contributed by atoms with van der Waals surface area (Å²) in [5, 5.41) is 3.09. The fourth-order valence-corrected chi connectivity index (χ4v) is 3.07. The third-order valence-corrected chi connectivity index (χ3v) is 4.39. The molecular formula is C18H17FN2O2S. The van der Waals surface area contributed by atoms with Gasteiger partial charge in [-0.3, -0.25) is 10.1 Å². The summed E-state index contributed by atoms with van der Waals surface area (Å²) >= 11 is 1.24. The molecule has 0 saturated heterocycles. The highest BCUT2D eigenvalue weighted by Gasteiger charge is 2.12. The van der Waals surface area contributed by atoms with Gasteiger partial charge in [0.2, 0.25) is 0 Å². The van der Waals surface area contributed by atoms with Gasteiger partial charge in [0.25, 0.3) is 5.91 Å². The monoisotopic (exact) mass is 344 g/mol. The smallest absolute Gasteiger partial charge is 0.257 e. The van der Waals surface area contributed by atoms with Gasteiger partial charge in [-0.15, -0.1) is 0 Å². The molecular weight excluding hydrogens is 327 g/mol. The average Bonchev–Trinajstić information content (AvgIpc) is 2.99. The molecule has 3 aromatic rings. The molecule has 0 spiro atoms. The molecule has 1 N–H and O–H groups in total. The van der Waals surface area contributed by atoms with Crippen molar-refractivity contribution in [3.63, 3.8) is 0 Å². The number of hydrogen-bond acceptors (Lipinski definition) is 4. The van der Waals surface area contributed by atoms with E-state index < -0.39 is 5.82 Å². The summed E-state index contributed by atoms with van der Waals surface area (Å²) in [6.07, 6.45) is 2.02. The predicted octanol–water partition coefficient (Wildman–Crippen LogP) is 4.87. The Kier molecular flexibility index (Phi) is 5.05. The van der Waals surface area contributed by atoms with Crippen molar-refractivity contribution in [3.05, 3.63) is 53.8 Å². The number of amides is 1. The second-order valence-corrected chi connectivity index (χ2v) is 6.32. The van der Waals surface area contributed by atoms with Crippen molar-refractivity contribution in [2.45, 2.75) is 19.8 Å². The zero-order chi connectivity index (χ0) is 16.9. The van der Waals surface area contributed by atoms with Crippen LogP contribution in [0.2, 0.25) is 0 Å². The van der Waals surface area contributed by atoms with Crippen LogP contribution in [0.25, 0.3) is 10.2 Å². The van der Waals surface area contributed by atoms with Crippen LogP contribution in [0, 0.1) is 5.82 Å². The van der Waals surface area contributed by atoms with E-state index in [1.807, 2.05) is 6.07 Å². The number of fused-ring (bicyclic) bond motifs is 1. The summed E-state index contributed by atoms with van der Waals surface area (Å²) < 4.78 is 20.0. The van der Waals surface area contributed by atoms with E-state index in [0.29, 0.717) is 27.8 Å². The normalized spacial score (nSPS) is 10.8. The SMILES string of the molecule is CCCCOc1cccc(C(=O)Nc2nc3c(F)cccc3s2)c1. The minimum atomic E-state index is -0.393. The molecule has 1 amide bonds. The maximum Gasteiger partial charge on any atom is 0.257 e. The lowest BCUT2D eigenvalue weighted by atomic mass is 10.2. The molecule has 0 atom stereocenters. The number of ether oxygens (including phenoxy) is 1. The molecule has 6 heteroatoms. The number of unbranched alkanes of at least 4 members (excludes halogenated alkanes) is 1. The number of halogens is 1. The topological polar surface area (TPSA) is 51.2 Å². The van der Waals surface area contributed by atoms with Gasteiger partial charge in [0.15, 0.2) is 5.13 Å². The van der Waals surface area contributed by atoms with Crippen LogP contribution in [0.1, 0.15) is 30.1 Å². The van der Waals surface area contributed by atoms with E-state index in [1.165, 1.54) is 17.4 Å². The van der Waals surface area contributed by atoms with E-state index in [2.05, 4.69) is 17.2 Å². The number of rotatable bonds is 6. The first kappa shape index (κ1) is 16.4. The molecule has 3 rings (SSSR count). The lowest BCUT2D eigenvalue weighted by molar-refractivity contribution is 0.102. The van der Waals surface area contributed by atoms with Crippen LogP contribution in [0.3, 0.4) is 0 Å². The van der Waals surface area contributed by atoms with E-state index in [1.54, 1.807) is 30.3 Å². The van der Waals surface area contributed by atoms with Gasteiger partial charge in [-0.05, 0) is 36.8 Å². The van der Waals surface area contributed by atoms with Gasteiger partial charge in [-0.1, -0.05) is 36.8 Å². The number of nitrogens with zero attached hydrogens (tertiary/aromatic N) is 1. The third-order valence-electron chi connectivity index (χ3n) is 3.45. The standard InChI is InChI=1S/C18H17FN2O2S/c1-2-3-10-23-13-7-4-6-12(11-13)17(22)21-18-20-16-14(19)8-5-9-15(16)24-18/h4-9,11H,2-3,10H2,1H3,(H,20,21,22). The van der Waals surface area contributed by atoms with Crippen molar-refractivity contribution in [1.29, 1.82) is 0 Å². The van der Waals surface area contributed by atoms with Crippen LogP contribution in [0.15, 0.2) is 42.5 Å². The summed E-state index contributed by atoms with van der Waals surface area (Å²) in [6, 6.07) is 11.7. The van der Waals surface area contributed by atoms with E-state index in [4.69, 9.17) is 4.74 Å². The Morgan fingerprint density at radius 3 is 2.92 bits per heavy atom. The average molecular weight is 344 g/mol. The van der Waals surface area contributed by atoms with Crippen molar-refractivity contribution in [3.8, 4) is 5.75 Å². The maximum absolute atomic E-state index is 13.7. The molecule has 0 fully saturated rings. The summed E-state index contributed by atoms with van der Waals surface area (Å²) in [6.45, 7) is 2.72. The first-order valence-electron chi connectivity index (χ1n) is 7.76. The van der Waals surface area contributed by atoms with Gasteiger partial charge in [0.05, 0.1) is 11.3 Å². The van der Waals surface area contributed by atoms with Crippen LogP contribution in [-0.2, 0) is 0 Å². The first-order chi connectivity index (χ1) is 11.7. The van der Waals surface area contributed by atoms with E-state index >= 15 is 0 Å². The highest BCUT2D eigenvalue weighted by Crippen LogP contribution is 2.28. The molecule has 0 radical (unpaired) electrons. The number of nitrogens with one attached hydrogen (secondary N) is 1.